The molecule has 0 spiro atoms. The topological polar surface area (TPSA) is 60.2 Å². The van der Waals surface area contributed by atoms with Gasteiger partial charge in [0.25, 0.3) is 0 Å². The molecule has 1 aromatic rings. The van der Waals surface area contributed by atoms with E-state index in [0.717, 1.165) is 12.8 Å². The molecule has 1 rings (SSSR count). The van der Waals surface area contributed by atoms with Crippen molar-refractivity contribution in [2.24, 2.45) is 5.92 Å². The first-order valence-corrected chi connectivity index (χ1v) is 7.71. The number of benzene rings is 1. The quantitative estimate of drug-likeness (QED) is 0.840. The van der Waals surface area contributed by atoms with Gasteiger partial charge in [-0.3, -0.25) is 0 Å². The zero-order valence-corrected chi connectivity index (χ0v) is 11.7. The lowest BCUT2D eigenvalue weighted by Crippen LogP contribution is -2.16. The molecule has 0 saturated carbocycles. The van der Waals surface area contributed by atoms with Crippen LogP contribution >= 0.6 is 11.6 Å². The van der Waals surface area contributed by atoms with E-state index in [0.29, 0.717) is 5.02 Å². The van der Waals surface area contributed by atoms with E-state index >= 15 is 0 Å². The lowest BCUT2D eigenvalue weighted by molar-refractivity contribution is 0.523. The van der Waals surface area contributed by atoms with Crippen molar-refractivity contribution in [3.8, 4) is 0 Å². The number of rotatable bonds is 5. The molecular formula is C12H18ClNO2S. The fourth-order valence-electron chi connectivity index (χ4n) is 1.70. The van der Waals surface area contributed by atoms with Gasteiger partial charge in [0.15, 0.2) is 9.84 Å². The average Bonchev–Trinajstić information content (AvgIpc) is 2.29. The highest BCUT2D eigenvalue weighted by Crippen LogP contribution is 2.26. The summed E-state index contributed by atoms with van der Waals surface area (Å²) in [5.74, 6) is 0.295. The maximum atomic E-state index is 12.2. The van der Waals surface area contributed by atoms with Gasteiger partial charge >= 0.3 is 0 Å². The molecule has 0 aliphatic rings. The van der Waals surface area contributed by atoms with Crippen molar-refractivity contribution in [3.05, 3.63) is 23.2 Å². The molecule has 0 saturated heterocycles. The van der Waals surface area contributed by atoms with Gasteiger partial charge < -0.3 is 5.73 Å². The summed E-state index contributed by atoms with van der Waals surface area (Å²) < 4.78 is 24.4. The first-order chi connectivity index (χ1) is 7.90. The van der Waals surface area contributed by atoms with E-state index in [2.05, 4.69) is 0 Å². The Morgan fingerprint density at radius 1 is 1.29 bits per heavy atom. The summed E-state index contributed by atoms with van der Waals surface area (Å²) >= 11 is 5.81. The van der Waals surface area contributed by atoms with Crippen LogP contribution in [0.1, 0.15) is 26.7 Å². The molecule has 0 atom stereocenters. The predicted octanol–water partition coefficient (Wildman–Crippen LogP) is 3.13. The fourth-order valence-corrected chi connectivity index (χ4v) is 3.94. The van der Waals surface area contributed by atoms with Crippen molar-refractivity contribution in [2.75, 3.05) is 11.5 Å². The van der Waals surface area contributed by atoms with Gasteiger partial charge in [0, 0.05) is 5.02 Å². The molecule has 1 aromatic carbocycles. The molecule has 2 N–H and O–H groups in total. The summed E-state index contributed by atoms with van der Waals surface area (Å²) in [7, 11) is -3.35. The minimum Gasteiger partial charge on any atom is -0.398 e. The van der Waals surface area contributed by atoms with E-state index in [1.807, 2.05) is 13.8 Å². The van der Waals surface area contributed by atoms with Crippen LogP contribution in [0.5, 0.6) is 0 Å². The second-order valence-electron chi connectivity index (χ2n) is 4.15. The van der Waals surface area contributed by atoms with Crippen LogP contribution in [-0.4, -0.2) is 14.2 Å². The summed E-state index contributed by atoms with van der Waals surface area (Å²) in [5, 5.41) is 0.391. The average molecular weight is 276 g/mol. The Hall–Kier alpha value is -0.740. The number of sulfone groups is 1. The molecule has 3 nitrogen and oxygen atoms in total. The smallest absolute Gasteiger partial charge is 0.180 e. The number of hydrogen-bond acceptors (Lipinski definition) is 3. The maximum Gasteiger partial charge on any atom is 0.180 e. The zero-order valence-electron chi connectivity index (χ0n) is 10.1. The van der Waals surface area contributed by atoms with Crippen molar-refractivity contribution in [3.63, 3.8) is 0 Å². The number of nitrogens with two attached hydrogens (primary N) is 1. The summed E-state index contributed by atoms with van der Waals surface area (Å²) in [5.41, 5.74) is 5.96. The summed E-state index contributed by atoms with van der Waals surface area (Å²) in [4.78, 5) is 0.150. The van der Waals surface area contributed by atoms with E-state index in [9.17, 15) is 8.42 Å². The van der Waals surface area contributed by atoms with E-state index in [-0.39, 0.29) is 22.3 Å². The lowest BCUT2D eigenvalue weighted by Gasteiger charge is -2.14. The van der Waals surface area contributed by atoms with Crippen LogP contribution in [0.25, 0.3) is 0 Å². The predicted molar refractivity (Wildman–Crippen MR) is 72.0 cm³/mol. The van der Waals surface area contributed by atoms with E-state index in [1.54, 1.807) is 6.07 Å². The molecule has 0 aliphatic heterocycles. The van der Waals surface area contributed by atoms with Crippen molar-refractivity contribution >= 4 is 27.1 Å². The van der Waals surface area contributed by atoms with Gasteiger partial charge in [0.05, 0.1) is 16.3 Å². The van der Waals surface area contributed by atoms with E-state index < -0.39 is 9.84 Å². The van der Waals surface area contributed by atoms with Gasteiger partial charge in [-0.25, -0.2) is 8.42 Å². The SMILES string of the molecule is CCC(CC)CS(=O)(=O)c1cc(Cl)ccc1N. The van der Waals surface area contributed by atoms with Crippen LogP contribution in [0.15, 0.2) is 23.1 Å². The molecule has 0 unspecified atom stereocenters. The number of anilines is 1. The van der Waals surface area contributed by atoms with Gasteiger partial charge in [-0.05, 0) is 24.1 Å². The number of hydrogen-bond donors (Lipinski definition) is 1. The molecule has 5 heteroatoms. The molecule has 0 radical (unpaired) electrons. The van der Waals surface area contributed by atoms with Crippen molar-refractivity contribution < 1.29 is 8.42 Å². The van der Waals surface area contributed by atoms with Crippen LogP contribution in [0.4, 0.5) is 5.69 Å². The molecule has 0 bridgehead atoms. The van der Waals surface area contributed by atoms with Crippen LogP contribution < -0.4 is 5.73 Å². The Kier molecular flexibility index (Phi) is 4.83. The Morgan fingerprint density at radius 3 is 2.41 bits per heavy atom. The minimum atomic E-state index is -3.35. The number of nitrogen functional groups attached to an aromatic ring is 1. The minimum absolute atomic E-state index is 0.130. The highest BCUT2D eigenvalue weighted by molar-refractivity contribution is 7.91. The summed E-state index contributed by atoms with van der Waals surface area (Å²) in [6.45, 7) is 3.98. The van der Waals surface area contributed by atoms with Crippen LogP contribution in [0.2, 0.25) is 5.02 Å². The van der Waals surface area contributed by atoms with Gasteiger partial charge in [0.1, 0.15) is 0 Å². The zero-order chi connectivity index (χ0) is 13.1. The van der Waals surface area contributed by atoms with Crippen LogP contribution in [0, 0.1) is 5.92 Å². The molecule has 0 aliphatic carbocycles. The maximum absolute atomic E-state index is 12.2. The Balaban J connectivity index is 3.09. The normalized spacial score (nSPS) is 12.0. The van der Waals surface area contributed by atoms with Gasteiger partial charge in [0.2, 0.25) is 0 Å². The van der Waals surface area contributed by atoms with E-state index in [1.165, 1.54) is 12.1 Å². The monoisotopic (exact) mass is 275 g/mol. The van der Waals surface area contributed by atoms with Gasteiger partial charge in [-0.15, -0.1) is 0 Å². The standard InChI is InChI=1S/C12H18ClNO2S/c1-3-9(4-2)8-17(15,16)12-7-10(13)5-6-11(12)14/h5-7,9H,3-4,8,14H2,1-2H3. The van der Waals surface area contributed by atoms with E-state index in [4.69, 9.17) is 17.3 Å². The fraction of sp³-hybridized carbons (Fsp3) is 0.500. The highest BCUT2D eigenvalue weighted by Gasteiger charge is 2.21. The molecule has 0 fully saturated rings. The van der Waals surface area contributed by atoms with Crippen LogP contribution in [-0.2, 0) is 9.84 Å². The summed E-state index contributed by atoms with van der Waals surface area (Å²) in [6, 6.07) is 4.55. The number of halogens is 1. The largest absolute Gasteiger partial charge is 0.398 e. The molecule has 0 amide bonds. The summed E-state index contributed by atoms with van der Waals surface area (Å²) in [6.07, 6.45) is 1.69. The van der Waals surface area contributed by atoms with Crippen molar-refractivity contribution in [1.82, 2.24) is 0 Å². The highest BCUT2D eigenvalue weighted by atomic mass is 35.5. The molecule has 0 aromatic heterocycles. The third-order valence-electron chi connectivity index (χ3n) is 2.92. The second-order valence-corrected chi connectivity index (χ2v) is 6.59. The molecule has 96 valence electrons. The Bertz CT molecular complexity index is 481. The first-order valence-electron chi connectivity index (χ1n) is 5.68. The molecule has 0 heterocycles. The lowest BCUT2D eigenvalue weighted by atomic mass is 10.1. The van der Waals surface area contributed by atoms with Gasteiger partial charge in [-0.2, -0.15) is 0 Å². The first kappa shape index (κ1) is 14.3. The third-order valence-corrected chi connectivity index (χ3v) is 5.09. The van der Waals surface area contributed by atoms with Crippen LogP contribution in [0.3, 0.4) is 0 Å². The van der Waals surface area contributed by atoms with Crippen molar-refractivity contribution in [2.45, 2.75) is 31.6 Å². The Morgan fingerprint density at radius 2 is 1.88 bits per heavy atom. The van der Waals surface area contributed by atoms with Crippen molar-refractivity contribution in [1.29, 1.82) is 0 Å². The molecule has 17 heavy (non-hydrogen) atoms. The second kappa shape index (κ2) is 5.74. The Labute approximate surface area is 108 Å². The third kappa shape index (κ3) is 3.61. The molecular weight excluding hydrogens is 258 g/mol. The van der Waals surface area contributed by atoms with Gasteiger partial charge in [-0.1, -0.05) is 38.3 Å².